The Balaban J connectivity index is 1.84. The van der Waals surface area contributed by atoms with Gasteiger partial charge in [-0.2, -0.15) is 0 Å². The molecule has 31 heavy (non-hydrogen) atoms. The maximum atomic E-state index is 13.5. The summed E-state index contributed by atoms with van der Waals surface area (Å²) in [4.78, 5) is 28.8. The molecule has 0 fully saturated rings. The normalized spacial score (nSPS) is 13.7. The number of anilines is 2. The van der Waals surface area contributed by atoms with E-state index >= 15 is 0 Å². The van der Waals surface area contributed by atoms with Crippen molar-refractivity contribution in [3.05, 3.63) is 75.1 Å². The maximum Gasteiger partial charge on any atom is 0.282 e. The highest BCUT2D eigenvalue weighted by molar-refractivity contribution is 7.11. The predicted molar refractivity (Wildman–Crippen MR) is 123 cm³/mol. The van der Waals surface area contributed by atoms with Crippen LogP contribution in [0, 0.1) is 6.92 Å². The van der Waals surface area contributed by atoms with Crippen LogP contribution in [0.3, 0.4) is 0 Å². The first kappa shape index (κ1) is 21.0. The van der Waals surface area contributed by atoms with E-state index in [0.717, 1.165) is 5.56 Å². The summed E-state index contributed by atoms with van der Waals surface area (Å²) in [7, 11) is 3.09. The minimum atomic E-state index is -0.455. The molecule has 0 aliphatic carbocycles. The highest BCUT2D eigenvalue weighted by Gasteiger charge is 2.41. The van der Waals surface area contributed by atoms with E-state index in [0.29, 0.717) is 38.3 Å². The largest absolute Gasteiger partial charge is 0.497 e. The molecular weight excluding hydrogens is 436 g/mol. The second kappa shape index (κ2) is 8.45. The first-order chi connectivity index (χ1) is 14.9. The van der Waals surface area contributed by atoms with Gasteiger partial charge in [0, 0.05) is 16.0 Å². The third kappa shape index (κ3) is 3.78. The summed E-state index contributed by atoms with van der Waals surface area (Å²) in [5, 5.41) is 5.52. The Morgan fingerprint density at radius 2 is 1.81 bits per heavy atom. The van der Waals surface area contributed by atoms with Gasteiger partial charge < -0.3 is 14.8 Å². The maximum absolute atomic E-state index is 13.5. The fraction of sp³-hybridized carbons (Fsp3) is 0.130. The molecule has 0 atom stereocenters. The molecule has 1 N–H and O–H groups in total. The number of hydrogen-bond donors (Lipinski definition) is 1. The number of carbonyl (C=O) groups excluding carboxylic acids is 2. The number of nitrogens with zero attached hydrogens (tertiary/aromatic N) is 1. The van der Waals surface area contributed by atoms with Crippen LogP contribution in [0.2, 0.25) is 5.02 Å². The van der Waals surface area contributed by atoms with Crippen molar-refractivity contribution in [3.63, 3.8) is 0 Å². The summed E-state index contributed by atoms with van der Waals surface area (Å²) in [6, 6.07) is 13.9. The van der Waals surface area contributed by atoms with Crippen LogP contribution in [0.25, 0.3) is 5.57 Å². The molecule has 0 radical (unpaired) electrons. The van der Waals surface area contributed by atoms with Crippen molar-refractivity contribution in [1.82, 2.24) is 0 Å². The van der Waals surface area contributed by atoms with Crippen LogP contribution < -0.4 is 19.7 Å². The van der Waals surface area contributed by atoms with Gasteiger partial charge >= 0.3 is 0 Å². The highest BCUT2D eigenvalue weighted by atomic mass is 35.5. The molecule has 2 heterocycles. The molecule has 1 aromatic heterocycles. The number of ether oxygens (including phenoxy) is 2. The average molecular weight is 455 g/mol. The molecule has 1 aliphatic heterocycles. The van der Waals surface area contributed by atoms with E-state index in [9.17, 15) is 9.59 Å². The molecule has 0 spiro atoms. The first-order valence-electron chi connectivity index (χ1n) is 9.36. The number of thiophene rings is 1. The summed E-state index contributed by atoms with van der Waals surface area (Å²) in [5.74, 6) is 0.245. The molecule has 2 aromatic carbocycles. The fourth-order valence-corrected chi connectivity index (χ4v) is 4.42. The zero-order chi connectivity index (χ0) is 22.1. The Hall–Kier alpha value is -3.29. The van der Waals surface area contributed by atoms with E-state index in [1.165, 1.54) is 23.3 Å². The molecule has 8 heteroatoms. The van der Waals surface area contributed by atoms with Crippen LogP contribution >= 0.6 is 22.9 Å². The average Bonchev–Trinajstić information content (AvgIpc) is 3.36. The molecule has 6 nitrogen and oxygen atoms in total. The molecule has 0 saturated heterocycles. The van der Waals surface area contributed by atoms with E-state index in [-0.39, 0.29) is 5.70 Å². The van der Waals surface area contributed by atoms with Crippen molar-refractivity contribution in [1.29, 1.82) is 0 Å². The van der Waals surface area contributed by atoms with Crippen LogP contribution in [-0.2, 0) is 9.59 Å². The molecule has 3 aromatic rings. The van der Waals surface area contributed by atoms with E-state index in [1.807, 2.05) is 24.4 Å². The van der Waals surface area contributed by atoms with Crippen LogP contribution in [0.15, 0.2) is 59.6 Å². The van der Waals surface area contributed by atoms with Gasteiger partial charge in [-0.05, 0) is 54.3 Å². The minimum Gasteiger partial charge on any atom is -0.497 e. The lowest BCUT2D eigenvalue weighted by Gasteiger charge is -2.18. The van der Waals surface area contributed by atoms with E-state index < -0.39 is 11.8 Å². The van der Waals surface area contributed by atoms with Crippen molar-refractivity contribution in [2.45, 2.75) is 6.92 Å². The van der Waals surface area contributed by atoms with Crippen LogP contribution in [-0.4, -0.2) is 26.0 Å². The second-order valence-electron chi connectivity index (χ2n) is 6.80. The molecule has 158 valence electrons. The predicted octanol–water partition coefficient (Wildman–Crippen LogP) is 5.12. The third-order valence-electron chi connectivity index (χ3n) is 4.92. The van der Waals surface area contributed by atoms with Gasteiger partial charge in [-0.15, -0.1) is 11.3 Å². The van der Waals surface area contributed by atoms with Gasteiger partial charge in [0.15, 0.2) is 0 Å². The number of amides is 2. The molecule has 0 unspecified atom stereocenters. The fourth-order valence-electron chi connectivity index (χ4n) is 3.43. The number of hydrogen-bond acceptors (Lipinski definition) is 6. The van der Waals surface area contributed by atoms with E-state index in [1.54, 1.807) is 43.5 Å². The molecule has 1 aliphatic rings. The number of benzene rings is 2. The van der Waals surface area contributed by atoms with Gasteiger partial charge in [0.05, 0.1) is 31.2 Å². The Bertz CT molecular complexity index is 1200. The third-order valence-corrected chi connectivity index (χ3v) is 6.04. The second-order valence-corrected chi connectivity index (χ2v) is 8.18. The zero-order valence-electron chi connectivity index (χ0n) is 17.1. The summed E-state index contributed by atoms with van der Waals surface area (Å²) >= 11 is 7.46. The number of rotatable bonds is 6. The van der Waals surface area contributed by atoms with Gasteiger partial charge in [-0.3, -0.25) is 9.59 Å². The van der Waals surface area contributed by atoms with Gasteiger partial charge in [0.2, 0.25) is 0 Å². The first-order valence-corrected chi connectivity index (χ1v) is 10.6. The van der Waals surface area contributed by atoms with Crippen molar-refractivity contribution in [2.75, 3.05) is 24.4 Å². The van der Waals surface area contributed by atoms with Crippen molar-refractivity contribution in [3.8, 4) is 11.5 Å². The number of halogens is 1. The number of imide groups is 1. The standard InChI is InChI=1S/C23H19ClN2O4S/c1-13-11-14(24)6-8-17(13)26-22(27)20(19-5-4-10-31-19)21(23(26)28)25-16-12-15(29-2)7-9-18(16)30-3/h4-12,25H,1-3H3. The summed E-state index contributed by atoms with van der Waals surface area (Å²) in [5.41, 5.74) is 2.21. The topological polar surface area (TPSA) is 67.9 Å². The molecule has 2 amide bonds. The molecule has 0 bridgehead atoms. The summed E-state index contributed by atoms with van der Waals surface area (Å²) in [6.45, 7) is 1.81. The van der Waals surface area contributed by atoms with Crippen LogP contribution in [0.5, 0.6) is 11.5 Å². The molecule has 4 rings (SSSR count). The lowest BCUT2D eigenvalue weighted by atomic mass is 10.1. The lowest BCUT2D eigenvalue weighted by molar-refractivity contribution is -0.120. The molecular formula is C23H19ClN2O4S. The minimum absolute atomic E-state index is 0.174. The summed E-state index contributed by atoms with van der Waals surface area (Å²) < 4.78 is 10.7. The summed E-state index contributed by atoms with van der Waals surface area (Å²) in [6.07, 6.45) is 0. The van der Waals surface area contributed by atoms with Crippen LogP contribution in [0.1, 0.15) is 10.4 Å². The number of nitrogens with one attached hydrogen (secondary N) is 1. The van der Waals surface area contributed by atoms with Gasteiger partial charge in [0.25, 0.3) is 11.8 Å². The smallest absolute Gasteiger partial charge is 0.282 e. The Kier molecular flexibility index (Phi) is 5.71. The molecule has 0 saturated carbocycles. The van der Waals surface area contributed by atoms with Crippen molar-refractivity contribution >= 4 is 51.7 Å². The van der Waals surface area contributed by atoms with E-state index in [4.69, 9.17) is 21.1 Å². The highest BCUT2D eigenvalue weighted by Crippen LogP contribution is 2.39. The lowest BCUT2D eigenvalue weighted by Crippen LogP contribution is -2.33. The van der Waals surface area contributed by atoms with Gasteiger partial charge in [-0.25, -0.2) is 4.90 Å². The number of methoxy groups -OCH3 is 2. The Morgan fingerprint density at radius 1 is 1.00 bits per heavy atom. The SMILES string of the molecule is COc1ccc(OC)c(NC2=C(c3cccs3)C(=O)N(c3ccc(Cl)cc3C)C2=O)c1. The van der Waals surface area contributed by atoms with Crippen LogP contribution in [0.4, 0.5) is 11.4 Å². The monoisotopic (exact) mass is 454 g/mol. The van der Waals surface area contributed by atoms with E-state index in [2.05, 4.69) is 5.32 Å². The van der Waals surface area contributed by atoms with Gasteiger partial charge in [-0.1, -0.05) is 17.7 Å². The van der Waals surface area contributed by atoms with Crippen molar-refractivity contribution < 1.29 is 19.1 Å². The quantitative estimate of drug-likeness (QED) is 0.523. The Labute approximate surface area is 188 Å². The zero-order valence-corrected chi connectivity index (χ0v) is 18.6. The number of aryl methyl sites for hydroxylation is 1. The number of carbonyl (C=O) groups is 2. The van der Waals surface area contributed by atoms with Gasteiger partial charge in [0.1, 0.15) is 17.2 Å². The van der Waals surface area contributed by atoms with Crippen molar-refractivity contribution in [2.24, 2.45) is 0 Å². The Morgan fingerprint density at radius 3 is 2.45 bits per heavy atom.